The molecule has 1 aromatic heterocycles. The van der Waals surface area contributed by atoms with E-state index in [0.717, 1.165) is 21.6 Å². The number of nitrogens with two attached hydrogens (primary N) is 1. The summed E-state index contributed by atoms with van der Waals surface area (Å²) in [6.07, 6.45) is 0. The lowest BCUT2D eigenvalue weighted by atomic mass is 10.1. The van der Waals surface area contributed by atoms with Gasteiger partial charge in [0.25, 0.3) is 5.22 Å². The SMILES string of the molecule is Cc1ccc(CN)c(Sc2nc3ccccc3o2)c1. The van der Waals surface area contributed by atoms with Gasteiger partial charge in [0.2, 0.25) is 0 Å². The molecule has 0 aliphatic rings. The zero-order valence-electron chi connectivity index (χ0n) is 10.6. The summed E-state index contributed by atoms with van der Waals surface area (Å²) in [4.78, 5) is 5.57. The highest BCUT2D eigenvalue weighted by atomic mass is 32.2. The minimum absolute atomic E-state index is 0.517. The first-order valence-corrected chi connectivity index (χ1v) is 6.91. The number of oxazole rings is 1. The van der Waals surface area contributed by atoms with Crippen molar-refractivity contribution in [3.8, 4) is 0 Å². The average Bonchev–Trinajstić information content (AvgIpc) is 2.81. The van der Waals surface area contributed by atoms with Gasteiger partial charge < -0.3 is 10.2 Å². The van der Waals surface area contributed by atoms with Crippen LogP contribution in [0.4, 0.5) is 0 Å². The first kappa shape index (κ1) is 12.3. The number of hydrogen-bond donors (Lipinski definition) is 1. The maximum absolute atomic E-state index is 5.77. The van der Waals surface area contributed by atoms with Crippen LogP contribution in [-0.4, -0.2) is 4.98 Å². The van der Waals surface area contributed by atoms with Crippen molar-refractivity contribution in [1.29, 1.82) is 0 Å². The fraction of sp³-hybridized carbons (Fsp3) is 0.133. The smallest absolute Gasteiger partial charge is 0.261 e. The summed E-state index contributed by atoms with van der Waals surface area (Å²) in [5.41, 5.74) is 9.77. The quantitative estimate of drug-likeness (QED) is 0.787. The predicted molar refractivity (Wildman–Crippen MR) is 77.2 cm³/mol. The van der Waals surface area contributed by atoms with Crippen LogP contribution in [0.2, 0.25) is 0 Å². The van der Waals surface area contributed by atoms with Crippen LogP contribution in [0.3, 0.4) is 0 Å². The van der Waals surface area contributed by atoms with Crippen LogP contribution in [0.1, 0.15) is 11.1 Å². The lowest BCUT2D eigenvalue weighted by molar-refractivity contribution is 0.489. The molecule has 0 radical (unpaired) electrons. The lowest BCUT2D eigenvalue weighted by Gasteiger charge is -2.05. The third kappa shape index (κ3) is 2.50. The molecule has 0 atom stereocenters. The molecule has 4 heteroatoms. The van der Waals surface area contributed by atoms with Gasteiger partial charge in [0.05, 0.1) is 0 Å². The van der Waals surface area contributed by atoms with E-state index in [4.69, 9.17) is 10.2 Å². The van der Waals surface area contributed by atoms with Crippen molar-refractivity contribution in [2.24, 2.45) is 5.73 Å². The van der Waals surface area contributed by atoms with E-state index >= 15 is 0 Å². The van der Waals surface area contributed by atoms with Crippen molar-refractivity contribution in [2.75, 3.05) is 0 Å². The molecule has 0 saturated carbocycles. The Balaban J connectivity index is 1.98. The number of benzene rings is 2. The minimum atomic E-state index is 0.517. The Kier molecular flexibility index (Phi) is 3.27. The molecule has 2 N–H and O–H groups in total. The Bertz CT molecular complexity index is 688. The highest BCUT2D eigenvalue weighted by molar-refractivity contribution is 7.99. The topological polar surface area (TPSA) is 52.0 Å². The van der Waals surface area contributed by atoms with Crippen LogP contribution in [0.25, 0.3) is 11.1 Å². The molecule has 0 spiro atoms. The van der Waals surface area contributed by atoms with Gasteiger partial charge in [-0.15, -0.1) is 0 Å². The van der Waals surface area contributed by atoms with Gasteiger partial charge in [-0.3, -0.25) is 0 Å². The number of para-hydroxylation sites is 2. The molecule has 0 amide bonds. The van der Waals surface area contributed by atoms with Gasteiger partial charge in [-0.2, -0.15) is 0 Å². The Labute approximate surface area is 115 Å². The summed E-state index contributed by atoms with van der Waals surface area (Å²) in [6.45, 7) is 2.58. The van der Waals surface area contributed by atoms with Crippen LogP contribution in [0.5, 0.6) is 0 Å². The van der Waals surface area contributed by atoms with Gasteiger partial charge in [-0.05, 0) is 48.0 Å². The monoisotopic (exact) mass is 270 g/mol. The summed E-state index contributed by atoms with van der Waals surface area (Å²) in [5, 5.41) is 0.654. The molecule has 3 rings (SSSR count). The zero-order chi connectivity index (χ0) is 13.2. The van der Waals surface area contributed by atoms with E-state index in [1.54, 1.807) is 0 Å². The van der Waals surface area contributed by atoms with Gasteiger partial charge >= 0.3 is 0 Å². The normalized spacial score (nSPS) is 11.1. The standard InChI is InChI=1S/C15H14N2OS/c1-10-6-7-11(9-16)14(8-10)19-15-17-12-4-2-3-5-13(12)18-15/h2-8H,9,16H2,1H3. The van der Waals surface area contributed by atoms with E-state index in [1.165, 1.54) is 17.3 Å². The summed E-state index contributed by atoms with van der Waals surface area (Å²) in [7, 11) is 0. The van der Waals surface area contributed by atoms with Crippen molar-refractivity contribution in [3.05, 3.63) is 53.6 Å². The highest BCUT2D eigenvalue weighted by Gasteiger charge is 2.09. The Morgan fingerprint density at radius 1 is 1.21 bits per heavy atom. The van der Waals surface area contributed by atoms with Crippen molar-refractivity contribution in [3.63, 3.8) is 0 Å². The molecule has 0 aliphatic heterocycles. The number of nitrogens with zero attached hydrogens (tertiary/aromatic N) is 1. The molecular weight excluding hydrogens is 256 g/mol. The van der Waals surface area contributed by atoms with Gasteiger partial charge in [0.15, 0.2) is 5.58 Å². The van der Waals surface area contributed by atoms with Crippen molar-refractivity contribution >= 4 is 22.9 Å². The molecule has 0 unspecified atom stereocenters. The second kappa shape index (κ2) is 5.07. The van der Waals surface area contributed by atoms with E-state index in [9.17, 15) is 0 Å². The van der Waals surface area contributed by atoms with Crippen LogP contribution in [-0.2, 0) is 6.54 Å². The number of fused-ring (bicyclic) bond motifs is 1. The maximum Gasteiger partial charge on any atom is 0.261 e. The molecule has 1 heterocycles. The minimum Gasteiger partial charge on any atom is -0.431 e. The average molecular weight is 270 g/mol. The van der Waals surface area contributed by atoms with E-state index in [-0.39, 0.29) is 0 Å². The molecule has 0 bridgehead atoms. The van der Waals surface area contributed by atoms with E-state index in [1.807, 2.05) is 24.3 Å². The van der Waals surface area contributed by atoms with Crippen molar-refractivity contribution < 1.29 is 4.42 Å². The second-order valence-electron chi connectivity index (χ2n) is 4.36. The van der Waals surface area contributed by atoms with E-state index in [0.29, 0.717) is 11.8 Å². The van der Waals surface area contributed by atoms with Gasteiger partial charge in [0, 0.05) is 11.4 Å². The third-order valence-corrected chi connectivity index (χ3v) is 3.86. The molecule has 96 valence electrons. The number of aromatic nitrogens is 1. The summed E-state index contributed by atoms with van der Waals surface area (Å²) in [6, 6.07) is 14.0. The number of hydrogen-bond acceptors (Lipinski definition) is 4. The fourth-order valence-corrected chi connectivity index (χ4v) is 2.91. The Morgan fingerprint density at radius 2 is 2.05 bits per heavy atom. The Hall–Kier alpha value is -1.78. The fourth-order valence-electron chi connectivity index (χ4n) is 1.91. The first-order chi connectivity index (χ1) is 9.26. The molecule has 0 saturated heterocycles. The summed E-state index contributed by atoms with van der Waals surface area (Å²) in [5.74, 6) is 0. The number of aryl methyl sites for hydroxylation is 1. The first-order valence-electron chi connectivity index (χ1n) is 6.09. The molecule has 19 heavy (non-hydrogen) atoms. The lowest BCUT2D eigenvalue weighted by Crippen LogP contribution is -1.98. The molecule has 3 nitrogen and oxygen atoms in total. The largest absolute Gasteiger partial charge is 0.431 e. The van der Waals surface area contributed by atoms with E-state index in [2.05, 4.69) is 30.1 Å². The predicted octanol–water partition coefficient (Wildman–Crippen LogP) is 3.75. The Morgan fingerprint density at radius 3 is 2.84 bits per heavy atom. The molecule has 3 aromatic rings. The van der Waals surface area contributed by atoms with Crippen LogP contribution in [0.15, 0.2) is 57.0 Å². The second-order valence-corrected chi connectivity index (χ2v) is 5.36. The molecule has 2 aromatic carbocycles. The van der Waals surface area contributed by atoms with Gasteiger partial charge in [-0.1, -0.05) is 24.3 Å². The van der Waals surface area contributed by atoms with E-state index < -0.39 is 0 Å². The van der Waals surface area contributed by atoms with Crippen LogP contribution < -0.4 is 5.73 Å². The van der Waals surface area contributed by atoms with Crippen LogP contribution >= 0.6 is 11.8 Å². The van der Waals surface area contributed by atoms with Crippen LogP contribution in [0, 0.1) is 6.92 Å². The highest BCUT2D eigenvalue weighted by Crippen LogP contribution is 2.32. The molecule has 0 aliphatic carbocycles. The molecule has 0 fully saturated rings. The van der Waals surface area contributed by atoms with Crippen molar-refractivity contribution in [1.82, 2.24) is 4.98 Å². The molecular formula is C15H14N2OS. The van der Waals surface area contributed by atoms with Gasteiger partial charge in [-0.25, -0.2) is 4.98 Å². The third-order valence-electron chi connectivity index (χ3n) is 2.91. The van der Waals surface area contributed by atoms with Crippen molar-refractivity contribution in [2.45, 2.75) is 23.6 Å². The summed E-state index contributed by atoms with van der Waals surface area (Å²) < 4.78 is 5.72. The maximum atomic E-state index is 5.77. The zero-order valence-corrected chi connectivity index (χ0v) is 11.4. The van der Waals surface area contributed by atoms with Gasteiger partial charge in [0.1, 0.15) is 5.52 Å². The summed E-state index contributed by atoms with van der Waals surface area (Å²) >= 11 is 1.52. The number of rotatable bonds is 3.